The molecule has 0 saturated carbocycles. The van der Waals surface area contributed by atoms with Gasteiger partial charge in [-0.3, -0.25) is 0 Å². The molecule has 0 aromatic carbocycles. The normalized spacial score (nSPS) is 10.5. The van der Waals surface area contributed by atoms with Gasteiger partial charge in [-0.15, -0.1) is 0 Å². The van der Waals surface area contributed by atoms with Crippen molar-refractivity contribution in [1.29, 1.82) is 0 Å². The van der Waals surface area contributed by atoms with Crippen molar-refractivity contribution < 1.29 is 13.2 Å². The van der Waals surface area contributed by atoms with E-state index in [9.17, 15) is 13.2 Å². The average molecular weight is 190 g/mol. The van der Waals surface area contributed by atoms with E-state index in [0.717, 1.165) is 12.8 Å². The zero-order valence-electron chi connectivity index (χ0n) is 7.15. The summed E-state index contributed by atoms with van der Waals surface area (Å²) < 4.78 is 37.4. The minimum Gasteiger partial charge on any atom is -0.202 e. The van der Waals surface area contributed by atoms with E-state index >= 15 is 0 Å². The molecule has 0 aliphatic heterocycles. The van der Waals surface area contributed by atoms with Crippen molar-refractivity contribution in [3.63, 3.8) is 0 Å². The first-order valence-corrected chi connectivity index (χ1v) is 4.02. The Hall–Kier alpha value is -1.13. The van der Waals surface area contributed by atoms with Gasteiger partial charge in [-0.2, -0.15) is 13.2 Å². The zero-order valence-corrected chi connectivity index (χ0v) is 7.15. The van der Waals surface area contributed by atoms with Gasteiger partial charge >= 0.3 is 0 Å². The molecule has 13 heavy (non-hydrogen) atoms. The van der Waals surface area contributed by atoms with E-state index in [-0.39, 0.29) is 5.82 Å². The second-order valence-electron chi connectivity index (χ2n) is 2.64. The Bertz CT molecular complexity index is 278. The Kier molecular flexibility index (Phi) is 3.22. The predicted octanol–water partition coefficient (Wildman–Crippen LogP) is 2.24. The molecule has 1 aromatic heterocycles. The zero-order chi connectivity index (χ0) is 9.84. The summed E-state index contributed by atoms with van der Waals surface area (Å²) in [5, 5.41) is 0. The summed E-state index contributed by atoms with van der Waals surface area (Å²) in [6, 6.07) is 0. The summed E-state index contributed by atoms with van der Waals surface area (Å²) in [7, 11) is 0. The van der Waals surface area contributed by atoms with E-state index in [1.165, 1.54) is 0 Å². The lowest BCUT2D eigenvalue weighted by Crippen LogP contribution is -2.04. The van der Waals surface area contributed by atoms with E-state index in [0.29, 0.717) is 6.42 Å². The molecule has 0 bridgehead atoms. The van der Waals surface area contributed by atoms with Gasteiger partial charge in [0.2, 0.25) is 5.82 Å². The molecule has 1 heterocycles. The molecule has 0 spiro atoms. The van der Waals surface area contributed by atoms with Crippen LogP contribution in [0.15, 0.2) is 0 Å². The number of rotatable bonds is 3. The van der Waals surface area contributed by atoms with Crippen LogP contribution in [0.3, 0.4) is 0 Å². The largest absolute Gasteiger partial charge is 0.255 e. The lowest BCUT2D eigenvalue weighted by atomic mass is 10.2. The molecule has 0 radical (unpaired) electrons. The Morgan fingerprint density at radius 3 is 2.08 bits per heavy atom. The van der Waals surface area contributed by atoms with Crippen LogP contribution in [0.25, 0.3) is 0 Å². The third-order valence-electron chi connectivity index (χ3n) is 1.57. The van der Waals surface area contributed by atoms with Gasteiger partial charge in [-0.05, 0) is 6.42 Å². The topological polar surface area (TPSA) is 25.8 Å². The van der Waals surface area contributed by atoms with Gasteiger partial charge in [0, 0.05) is 6.42 Å². The Morgan fingerprint density at radius 2 is 1.62 bits per heavy atom. The van der Waals surface area contributed by atoms with Crippen molar-refractivity contribution in [2.75, 3.05) is 0 Å². The van der Waals surface area contributed by atoms with Crippen LogP contribution in [0.1, 0.15) is 25.6 Å². The third-order valence-corrected chi connectivity index (χ3v) is 1.57. The first-order valence-electron chi connectivity index (χ1n) is 4.02. The van der Waals surface area contributed by atoms with Crippen LogP contribution in [0, 0.1) is 17.7 Å². The molecule has 0 amide bonds. The van der Waals surface area contributed by atoms with Crippen molar-refractivity contribution in [2.45, 2.75) is 26.2 Å². The second kappa shape index (κ2) is 4.20. The van der Waals surface area contributed by atoms with Crippen LogP contribution in [0.2, 0.25) is 0 Å². The molecule has 0 N–H and O–H groups in total. The summed E-state index contributed by atoms with van der Waals surface area (Å²) in [5.74, 6) is -4.43. The number of halogens is 3. The van der Waals surface area contributed by atoms with Crippen LogP contribution in [-0.2, 0) is 6.42 Å². The highest BCUT2D eigenvalue weighted by atomic mass is 19.2. The molecule has 2 nitrogen and oxygen atoms in total. The molecule has 72 valence electrons. The number of aromatic nitrogens is 2. The van der Waals surface area contributed by atoms with Crippen molar-refractivity contribution >= 4 is 0 Å². The van der Waals surface area contributed by atoms with Gasteiger partial charge < -0.3 is 0 Å². The van der Waals surface area contributed by atoms with Crippen LogP contribution >= 0.6 is 0 Å². The number of nitrogens with zero attached hydrogens (tertiary/aromatic N) is 2. The predicted molar refractivity (Wildman–Crippen MR) is 40.5 cm³/mol. The van der Waals surface area contributed by atoms with E-state index in [1.807, 2.05) is 6.92 Å². The van der Waals surface area contributed by atoms with Crippen LogP contribution < -0.4 is 0 Å². The molecular formula is C8H9F3N2. The maximum absolute atomic E-state index is 12.5. The number of aryl methyl sites for hydroxylation is 1. The smallest absolute Gasteiger partial charge is 0.202 e. The summed E-state index contributed by atoms with van der Waals surface area (Å²) in [6.45, 7) is 1.93. The lowest BCUT2D eigenvalue weighted by molar-refractivity contribution is 0.398. The summed E-state index contributed by atoms with van der Waals surface area (Å²) in [6.07, 6.45) is 1.96. The van der Waals surface area contributed by atoms with Gasteiger partial charge in [-0.1, -0.05) is 13.3 Å². The van der Waals surface area contributed by atoms with E-state index in [4.69, 9.17) is 0 Å². The monoisotopic (exact) mass is 190 g/mol. The molecule has 0 fully saturated rings. The highest BCUT2D eigenvalue weighted by molar-refractivity contribution is 4.96. The summed E-state index contributed by atoms with van der Waals surface area (Å²) in [4.78, 5) is 6.36. The highest BCUT2D eigenvalue weighted by Crippen LogP contribution is 2.07. The Morgan fingerprint density at radius 1 is 1.08 bits per heavy atom. The number of hydrogen-bond acceptors (Lipinski definition) is 2. The highest BCUT2D eigenvalue weighted by Gasteiger charge is 2.13. The fourth-order valence-electron chi connectivity index (χ4n) is 0.882. The molecule has 1 rings (SSSR count). The van der Waals surface area contributed by atoms with Gasteiger partial charge in [0.25, 0.3) is 11.9 Å². The van der Waals surface area contributed by atoms with E-state index in [1.54, 1.807) is 0 Å². The van der Waals surface area contributed by atoms with Gasteiger partial charge in [0.15, 0.2) is 0 Å². The molecule has 0 saturated heterocycles. The molecule has 0 unspecified atom stereocenters. The average Bonchev–Trinajstić information content (AvgIpc) is 2.10. The number of unbranched alkanes of at least 4 members (excludes halogenated alkanes) is 1. The second-order valence-corrected chi connectivity index (χ2v) is 2.64. The third kappa shape index (κ3) is 2.40. The van der Waals surface area contributed by atoms with Crippen molar-refractivity contribution in [3.8, 4) is 0 Å². The standard InChI is InChI=1S/C8H9F3N2/c1-2-3-4-5-12-7(10)6(9)8(11)13-5/h2-4H2,1H3. The van der Waals surface area contributed by atoms with Crippen LogP contribution in [0.5, 0.6) is 0 Å². The van der Waals surface area contributed by atoms with Crippen LogP contribution in [0.4, 0.5) is 13.2 Å². The molecule has 1 aromatic rings. The van der Waals surface area contributed by atoms with Gasteiger partial charge in [-0.25, -0.2) is 9.97 Å². The van der Waals surface area contributed by atoms with Crippen molar-refractivity contribution in [1.82, 2.24) is 9.97 Å². The molecule has 5 heteroatoms. The molecule has 0 aliphatic rings. The Balaban J connectivity index is 2.86. The summed E-state index contributed by atoms with van der Waals surface area (Å²) in [5.41, 5.74) is 0. The first kappa shape index (κ1) is 9.95. The lowest BCUT2D eigenvalue weighted by Gasteiger charge is -1.99. The van der Waals surface area contributed by atoms with E-state index in [2.05, 4.69) is 9.97 Å². The first-order chi connectivity index (χ1) is 6.15. The SMILES string of the molecule is CCCCc1nc(F)c(F)c(F)n1. The number of hydrogen-bond donors (Lipinski definition) is 0. The fraction of sp³-hybridized carbons (Fsp3) is 0.500. The van der Waals surface area contributed by atoms with Crippen molar-refractivity contribution in [2.24, 2.45) is 0 Å². The van der Waals surface area contributed by atoms with E-state index < -0.39 is 17.7 Å². The van der Waals surface area contributed by atoms with Gasteiger partial charge in [0.1, 0.15) is 5.82 Å². The minimum absolute atomic E-state index is 0.0123. The molecule has 0 aliphatic carbocycles. The molecular weight excluding hydrogens is 181 g/mol. The Labute approximate surface area is 73.8 Å². The summed E-state index contributed by atoms with van der Waals surface area (Å²) >= 11 is 0. The maximum Gasteiger partial charge on any atom is 0.255 e. The van der Waals surface area contributed by atoms with Gasteiger partial charge in [0.05, 0.1) is 0 Å². The quantitative estimate of drug-likeness (QED) is 0.683. The minimum atomic E-state index is -1.61. The van der Waals surface area contributed by atoms with Crippen molar-refractivity contribution in [3.05, 3.63) is 23.5 Å². The molecule has 0 atom stereocenters. The van der Waals surface area contributed by atoms with Crippen LogP contribution in [-0.4, -0.2) is 9.97 Å². The fourth-order valence-corrected chi connectivity index (χ4v) is 0.882. The maximum atomic E-state index is 12.5.